The third-order valence-electron chi connectivity index (χ3n) is 4.44. The summed E-state index contributed by atoms with van der Waals surface area (Å²) in [6, 6.07) is 0. The molecule has 24 heavy (non-hydrogen) atoms. The second-order valence-corrected chi connectivity index (χ2v) is 8.46. The minimum Gasteiger partial charge on any atom is -0.346 e. The zero-order valence-corrected chi connectivity index (χ0v) is 20.7. The van der Waals surface area contributed by atoms with Gasteiger partial charge in [-0.3, -0.25) is 0 Å². The summed E-state index contributed by atoms with van der Waals surface area (Å²) in [6.45, 7) is 15.9. The Morgan fingerprint density at radius 3 is 1.54 bits per heavy atom. The molecule has 2 aliphatic carbocycles. The van der Waals surface area contributed by atoms with Gasteiger partial charge in [0.05, 0.1) is 0 Å². The van der Waals surface area contributed by atoms with E-state index in [9.17, 15) is 0 Å². The standard InChI is InChI=1S/C10H19.C6H11.C4H9N.C2H5.Ta/c1-3-9-6-5-7-10(4-2)8-9;1-2-4-6-5-3-1;1-4(2,3)5;1-2;/h5,9-10H,3-4,6-8H2,1-2H3;1H,2-6H2;1-3H3;1H2,2H3;/q2*-1;;-1;. The third kappa shape index (κ3) is 18.9. The van der Waals surface area contributed by atoms with E-state index >= 15 is 0 Å². The van der Waals surface area contributed by atoms with Crippen LogP contribution in [-0.4, -0.2) is 5.54 Å². The summed E-state index contributed by atoms with van der Waals surface area (Å²) in [5, 5.41) is 0. The number of hydrogen-bond donors (Lipinski definition) is 0. The predicted octanol–water partition coefficient (Wildman–Crippen LogP) is 7.94. The maximum atomic E-state index is 4.13. The zero-order valence-electron chi connectivity index (χ0n) is 17.5. The topological polar surface area (TPSA) is 12.4 Å². The van der Waals surface area contributed by atoms with Gasteiger partial charge in [0.25, 0.3) is 0 Å². The van der Waals surface area contributed by atoms with Crippen LogP contribution < -0.4 is 0 Å². The molecule has 2 unspecified atom stereocenters. The molecule has 0 bridgehead atoms. The number of hydrogen-bond acceptors (Lipinski definition) is 1. The van der Waals surface area contributed by atoms with Crippen LogP contribution in [-0.2, 0) is 20.9 Å². The van der Waals surface area contributed by atoms with Crippen molar-refractivity contribution in [3.05, 3.63) is 19.8 Å². The van der Waals surface area contributed by atoms with Crippen molar-refractivity contribution in [2.45, 2.75) is 111 Å². The van der Waals surface area contributed by atoms with Gasteiger partial charge in [0, 0.05) is 0 Å². The first kappa shape index (κ1) is 26.8. The molecule has 2 saturated carbocycles. The molecule has 0 aromatic rings. The molecule has 0 amide bonds. The Morgan fingerprint density at radius 1 is 0.917 bits per heavy atom. The van der Waals surface area contributed by atoms with Crippen LogP contribution in [0.5, 0.6) is 0 Å². The fraction of sp³-hybridized carbons (Fsp3) is 0.864. The molecular formula is C22H44NTa-3. The molecule has 2 atom stereocenters. The van der Waals surface area contributed by atoms with E-state index in [1.165, 1.54) is 64.2 Å². The van der Waals surface area contributed by atoms with Crippen LogP contribution in [0.1, 0.15) is 106 Å². The largest absolute Gasteiger partial charge is 0.346 e. The Kier molecular flexibility index (Phi) is 20.4. The zero-order chi connectivity index (χ0) is 18.8. The van der Waals surface area contributed by atoms with E-state index in [1.807, 2.05) is 0 Å². The first-order valence-electron chi connectivity index (χ1n) is 10.1. The minimum absolute atomic E-state index is 0.216. The maximum absolute atomic E-state index is 4.13. The molecule has 1 nitrogen and oxygen atoms in total. The Bertz CT molecular complexity index is 232. The van der Waals surface area contributed by atoms with Crippen molar-refractivity contribution in [3.63, 3.8) is 0 Å². The third-order valence-corrected chi connectivity index (χ3v) is 6.59. The van der Waals surface area contributed by atoms with Crippen LogP contribution in [0.3, 0.4) is 0 Å². The normalized spacial score (nSPS) is 23.2. The van der Waals surface area contributed by atoms with Gasteiger partial charge in [-0.05, 0) is 0 Å². The van der Waals surface area contributed by atoms with Crippen molar-refractivity contribution in [3.8, 4) is 0 Å². The summed E-state index contributed by atoms with van der Waals surface area (Å²) in [6.07, 6.45) is 19.0. The quantitative estimate of drug-likeness (QED) is 0.339. The van der Waals surface area contributed by atoms with Gasteiger partial charge in [0.2, 0.25) is 0 Å². The Labute approximate surface area is 166 Å². The van der Waals surface area contributed by atoms with Crippen LogP contribution in [0.15, 0.2) is 3.34 Å². The molecular weight excluding hydrogens is 459 g/mol. The molecule has 0 aliphatic heterocycles. The van der Waals surface area contributed by atoms with Crippen molar-refractivity contribution in [2.75, 3.05) is 0 Å². The summed E-state index contributed by atoms with van der Waals surface area (Å²) < 4.78 is 4.13. The summed E-state index contributed by atoms with van der Waals surface area (Å²) in [5.74, 6) is 2.03. The van der Waals surface area contributed by atoms with Crippen LogP contribution in [0, 0.1) is 31.6 Å². The van der Waals surface area contributed by atoms with E-state index in [4.69, 9.17) is 0 Å². The number of nitrogens with zero attached hydrogens (tertiary/aromatic N) is 1. The van der Waals surface area contributed by atoms with E-state index in [1.54, 1.807) is 6.92 Å². The number of rotatable bonds is 2. The summed E-state index contributed by atoms with van der Waals surface area (Å²) >= 11 is 1.15. The Hall–Kier alpha value is 0.540. The molecule has 0 heterocycles. The SMILES string of the molecule is CC(C)(C)[N]=[Ta].CCC1C[CH-]CC(CC)C1.[CH-]1CCCCC1.[CH2-]C. The molecule has 0 radical (unpaired) electrons. The van der Waals surface area contributed by atoms with E-state index < -0.39 is 0 Å². The van der Waals surface area contributed by atoms with Crippen LogP contribution in [0.4, 0.5) is 0 Å². The van der Waals surface area contributed by atoms with Gasteiger partial charge in [-0.15, -0.1) is 0 Å². The molecule has 0 N–H and O–H groups in total. The summed E-state index contributed by atoms with van der Waals surface area (Å²) in [4.78, 5) is 0. The van der Waals surface area contributed by atoms with Gasteiger partial charge >= 0.3 is 50.5 Å². The van der Waals surface area contributed by atoms with Crippen molar-refractivity contribution >= 4 is 0 Å². The molecule has 2 heteroatoms. The smallest absolute Gasteiger partial charge is 0.0525 e. The average molecular weight is 504 g/mol. The average Bonchev–Trinajstić information content (AvgIpc) is 2.65. The van der Waals surface area contributed by atoms with Crippen molar-refractivity contribution < 1.29 is 20.9 Å². The van der Waals surface area contributed by atoms with Crippen molar-refractivity contribution in [1.82, 2.24) is 0 Å². The molecule has 0 saturated heterocycles. The van der Waals surface area contributed by atoms with Gasteiger partial charge < -0.3 is 19.8 Å². The van der Waals surface area contributed by atoms with E-state index in [2.05, 4.69) is 57.7 Å². The van der Waals surface area contributed by atoms with Crippen LogP contribution in [0.25, 0.3) is 0 Å². The first-order valence-corrected chi connectivity index (χ1v) is 11.6. The van der Waals surface area contributed by atoms with Gasteiger partial charge in [0.15, 0.2) is 0 Å². The maximum Gasteiger partial charge on any atom is -0.0525 e. The van der Waals surface area contributed by atoms with Crippen LogP contribution in [0.2, 0.25) is 0 Å². The summed E-state index contributed by atoms with van der Waals surface area (Å²) in [7, 11) is 0. The van der Waals surface area contributed by atoms with Crippen molar-refractivity contribution in [2.24, 2.45) is 15.2 Å². The molecule has 0 aromatic heterocycles. The molecule has 2 fully saturated rings. The molecule has 0 spiro atoms. The van der Waals surface area contributed by atoms with E-state index in [0.717, 1.165) is 32.7 Å². The molecule has 0 aromatic carbocycles. The van der Waals surface area contributed by atoms with Crippen LogP contribution >= 0.6 is 0 Å². The van der Waals surface area contributed by atoms with Gasteiger partial charge in [0.1, 0.15) is 0 Å². The second kappa shape index (κ2) is 18.3. The van der Waals surface area contributed by atoms with E-state index in [-0.39, 0.29) is 5.54 Å². The fourth-order valence-corrected chi connectivity index (χ4v) is 2.80. The Balaban J connectivity index is 0. The molecule has 2 rings (SSSR count). The monoisotopic (exact) mass is 503 g/mol. The molecule has 145 valence electrons. The first-order chi connectivity index (χ1) is 11.4. The minimum atomic E-state index is 0.216. The fourth-order valence-electron chi connectivity index (χ4n) is 2.80. The molecule has 2 aliphatic rings. The predicted molar refractivity (Wildman–Crippen MR) is 106 cm³/mol. The Morgan fingerprint density at radius 2 is 1.33 bits per heavy atom. The summed E-state index contributed by atoms with van der Waals surface area (Å²) in [5.41, 5.74) is 0.216. The van der Waals surface area contributed by atoms with Gasteiger partial charge in [-0.25, -0.2) is 0 Å². The second-order valence-electron chi connectivity index (χ2n) is 7.74. The van der Waals surface area contributed by atoms with Crippen molar-refractivity contribution in [1.29, 1.82) is 0 Å². The van der Waals surface area contributed by atoms with E-state index in [0.29, 0.717) is 0 Å². The van der Waals surface area contributed by atoms with Gasteiger partial charge in [-0.1, -0.05) is 64.2 Å². The van der Waals surface area contributed by atoms with Gasteiger partial charge in [-0.2, -0.15) is 32.6 Å².